The summed E-state index contributed by atoms with van der Waals surface area (Å²) < 4.78 is 5.04. The van der Waals surface area contributed by atoms with Gasteiger partial charge in [0, 0.05) is 6.07 Å². The molecule has 0 aliphatic carbocycles. The Morgan fingerprint density at radius 2 is 2.33 bits per heavy atom. The summed E-state index contributed by atoms with van der Waals surface area (Å²) >= 11 is 8.57. The summed E-state index contributed by atoms with van der Waals surface area (Å²) in [6, 6.07) is 1.20. The monoisotopic (exact) mass is 208 g/mol. The van der Waals surface area contributed by atoms with E-state index < -0.39 is 5.63 Å². The van der Waals surface area contributed by atoms with Crippen LogP contribution in [0, 0.1) is 0 Å². The van der Waals surface area contributed by atoms with E-state index >= 15 is 0 Å². The maximum Gasteiger partial charge on any atom is 0.337 e. The summed E-state index contributed by atoms with van der Waals surface area (Å²) in [5, 5.41) is 0.367. The highest BCUT2D eigenvalue weighted by atomic mass is 79.9. The topological polar surface area (TPSA) is 30.2 Å². The smallest absolute Gasteiger partial charge is 0.337 e. The Balaban J connectivity index is 3.34. The van der Waals surface area contributed by atoms with Gasteiger partial charge in [0.05, 0.1) is 9.50 Å². The SMILES string of the molecule is O=c1cc(Cl)c(Br)co1. The van der Waals surface area contributed by atoms with Crippen molar-refractivity contribution in [1.29, 1.82) is 0 Å². The maximum absolute atomic E-state index is 10.4. The van der Waals surface area contributed by atoms with Crippen LogP contribution in [-0.2, 0) is 0 Å². The molecule has 1 heterocycles. The molecular weight excluding hydrogens is 207 g/mol. The minimum absolute atomic E-state index is 0.367. The molecule has 0 saturated carbocycles. The van der Waals surface area contributed by atoms with Gasteiger partial charge in [0.1, 0.15) is 6.26 Å². The van der Waals surface area contributed by atoms with Crippen molar-refractivity contribution >= 4 is 27.5 Å². The number of halogens is 2. The molecule has 0 aliphatic rings. The Morgan fingerprint density at radius 3 is 2.78 bits per heavy atom. The molecule has 1 aromatic rings. The third kappa shape index (κ3) is 1.56. The number of hydrogen-bond acceptors (Lipinski definition) is 2. The summed E-state index contributed by atoms with van der Waals surface area (Å²) in [5.41, 5.74) is -0.441. The first-order valence-corrected chi connectivity index (χ1v) is 3.31. The lowest BCUT2D eigenvalue weighted by atomic mass is 10.5. The lowest BCUT2D eigenvalue weighted by molar-refractivity contribution is 0.507. The van der Waals surface area contributed by atoms with Gasteiger partial charge in [0.2, 0.25) is 0 Å². The van der Waals surface area contributed by atoms with Gasteiger partial charge in [-0.25, -0.2) is 4.79 Å². The van der Waals surface area contributed by atoms with E-state index in [0.717, 1.165) is 0 Å². The highest BCUT2D eigenvalue weighted by Crippen LogP contribution is 2.18. The van der Waals surface area contributed by atoms with Crippen molar-refractivity contribution in [3.8, 4) is 0 Å². The lowest BCUT2D eigenvalue weighted by Crippen LogP contribution is -1.93. The highest BCUT2D eigenvalue weighted by Gasteiger charge is 1.95. The Morgan fingerprint density at radius 1 is 1.67 bits per heavy atom. The molecule has 0 bridgehead atoms. The second kappa shape index (κ2) is 2.54. The van der Waals surface area contributed by atoms with Crippen molar-refractivity contribution in [1.82, 2.24) is 0 Å². The van der Waals surface area contributed by atoms with E-state index in [2.05, 4.69) is 20.3 Å². The number of rotatable bonds is 0. The van der Waals surface area contributed by atoms with Crippen molar-refractivity contribution in [2.75, 3.05) is 0 Å². The molecule has 0 aromatic carbocycles. The van der Waals surface area contributed by atoms with Crippen LogP contribution in [0.1, 0.15) is 0 Å². The van der Waals surface area contributed by atoms with E-state index in [1.54, 1.807) is 0 Å². The number of hydrogen-bond donors (Lipinski definition) is 0. The van der Waals surface area contributed by atoms with E-state index in [0.29, 0.717) is 9.50 Å². The predicted molar refractivity (Wildman–Crippen MR) is 37.7 cm³/mol. The first-order chi connectivity index (χ1) is 4.20. The molecule has 0 radical (unpaired) electrons. The molecule has 0 unspecified atom stereocenters. The summed E-state index contributed by atoms with van der Waals surface area (Å²) in [5.74, 6) is 0. The minimum atomic E-state index is -0.441. The van der Waals surface area contributed by atoms with Gasteiger partial charge in [0.25, 0.3) is 0 Å². The summed E-state index contributed by atoms with van der Waals surface area (Å²) in [6.45, 7) is 0. The molecule has 0 spiro atoms. The van der Waals surface area contributed by atoms with Crippen molar-refractivity contribution in [2.24, 2.45) is 0 Å². The van der Waals surface area contributed by atoms with E-state index in [1.165, 1.54) is 12.3 Å². The average Bonchev–Trinajstić information content (AvgIpc) is 1.80. The summed E-state index contributed by atoms with van der Waals surface area (Å²) in [6.07, 6.45) is 1.25. The second-order valence-corrected chi connectivity index (χ2v) is 2.66. The lowest BCUT2D eigenvalue weighted by Gasteiger charge is -1.87. The van der Waals surface area contributed by atoms with Gasteiger partial charge in [-0.2, -0.15) is 0 Å². The molecular formula is C5H2BrClO2. The first-order valence-electron chi connectivity index (χ1n) is 2.14. The van der Waals surface area contributed by atoms with E-state index in [4.69, 9.17) is 11.6 Å². The normalized spacial score (nSPS) is 9.56. The fourth-order valence-electron chi connectivity index (χ4n) is 0.373. The van der Waals surface area contributed by atoms with Gasteiger partial charge in [0.15, 0.2) is 0 Å². The van der Waals surface area contributed by atoms with Gasteiger partial charge < -0.3 is 4.42 Å². The zero-order valence-electron chi connectivity index (χ0n) is 4.23. The van der Waals surface area contributed by atoms with Crippen LogP contribution in [0.15, 0.2) is 26.0 Å². The fraction of sp³-hybridized carbons (Fsp3) is 0. The zero-order valence-corrected chi connectivity index (χ0v) is 6.57. The minimum Gasteiger partial charge on any atom is -0.430 e. The van der Waals surface area contributed by atoms with Gasteiger partial charge in [-0.1, -0.05) is 11.6 Å². The van der Waals surface area contributed by atoms with Crippen molar-refractivity contribution < 1.29 is 4.42 Å². The molecule has 2 nitrogen and oxygen atoms in total. The third-order valence-electron chi connectivity index (χ3n) is 0.751. The van der Waals surface area contributed by atoms with Crippen LogP contribution in [0.5, 0.6) is 0 Å². The highest BCUT2D eigenvalue weighted by molar-refractivity contribution is 9.10. The molecule has 9 heavy (non-hydrogen) atoms. The van der Waals surface area contributed by atoms with Gasteiger partial charge in [-0.3, -0.25) is 0 Å². The molecule has 48 valence electrons. The second-order valence-electron chi connectivity index (χ2n) is 1.39. The quantitative estimate of drug-likeness (QED) is 0.655. The molecule has 0 N–H and O–H groups in total. The molecule has 0 atom stereocenters. The van der Waals surface area contributed by atoms with Gasteiger partial charge in [-0.15, -0.1) is 0 Å². The molecule has 0 amide bonds. The van der Waals surface area contributed by atoms with Crippen LogP contribution in [0.3, 0.4) is 0 Å². The van der Waals surface area contributed by atoms with Gasteiger partial charge >= 0.3 is 5.63 Å². The third-order valence-corrected chi connectivity index (χ3v) is 1.91. The molecule has 4 heteroatoms. The zero-order chi connectivity index (χ0) is 6.85. The standard InChI is InChI=1S/C5H2BrClO2/c6-3-2-9-5(8)1-4(3)7/h1-2H. The summed E-state index contributed by atoms with van der Waals surface area (Å²) in [4.78, 5) is 10.4. The Bertz CT molecular complexity index is 268. The Hall–Kier alpha value is -0.280. The summed E-state index contributed by atoms with van der Waals surface area (Å²) in [7, 11) is 0. The van der Waals surface area contributed by atoms with Crippen molar-refractivity contribution in [3.63, 3.8) is 0 Å². The molecule has 1 aromatic heterocycles. The van der Waals surface area contributed by atoms with Crippen LogP contribution < -0.4 is 5.63 Å². The van der Waals surface area contributed by atoms with Crippen LogP contribution in [-0.4, -0.2) is 0 Å². The maximum atomic E-state index is 10.4. The van der Waals surface area contributed by atoms with E-state index in [1.807, 2.05) is 0 Å². The van der Waals surface area contributed by atoms with Gasteiger partial charge in [-0.05, 0) is 15.9 Å². The Labute approximate surface area is 64.6 Å². The van der Waals surface area contributed by atoms with E-state index in [9.17, 15) is 4.79 Å². The van der Waals surface area contributed by atoms with Crippen LogP contribution in [0.4, 0.5) is 0 Å². The molecule has 0 aliphatic heterocycles. The molecule has 0 saturated heterocycles. The largest absolute Gasteiger partial charge is 0.430 e. The first kappa shape index (κ1) is 6.83. The predicted octanol–water partition coefficient (Wildman–Crippen LogP) is 2.06. The van der Waals surface area contributed by atoms with E-state index in [-0.39, 0.29) is 0 Å². The van der Waals surface area contributed by atoms with Crippen molar-refractivity contribution in [2.45, 2.75) is 0 Å². The fourth-order valence-corrected chi connectivity index (χ4v) is 0.714. The molecule has 1 rings (SSSR count). The van der Waals surface area contributed by atoms with Crippen LogP contribution in [0.2, 0.25) is 5.02 Å². The van der Waals surface area contributed by atoms with Crippen molar-refractivity contribution in [3.05, 3.63) is 32.2 Å². The van der Waals surface area contributed by atoms with Crippen LogP contribution >= 0.6 is 27.5 Å². The molecule has 0 fully saturated rings. The Kier molecular flexibility index (Phi) is 1.93. The van der Waals surface area contributed by atoms with Crippen LogP contribution in [0.25, 0.3) is 0 Å². The average molecular weight is 209 g/mol.